The number of morpholine rings is 1. The fourth-order valence-electron chi connectivity index (χ4n) is 3.95. The highest BCUT2D eigenvalue weighted by Gasteiger charge is 2.25. The Kier molecular flexibility index (Phi) is 6.63. The van der Waals surface area contributed by atoms with Crippen molar-refractivity contribution in [2.75, 3.05) is 45.2 Å². The normalized spacial score (nSPS) is 17.2. The number of aliphatic hydroxyl groups is 1. The molecule has 6 heteroatoms. The average Bonchev–Trinajstić information content (AvgIpc) is 3.04. The Balaban J connectivity index is 2.01. The summed E-state index contributed by atoms with van der Waals surface area (Å²) in [7, 11) is 1.95. The van der Waals surface area contributed by atoms with Crippen molar-refractivity contribution in [3.05, 3.63) is 23.5 Å². The van der Waals surface area contributed by atoms with E-state index in [-0.39, 0.29) is 11.5 Å². The minimum Gasteiger partial charge on any atom is -0.393 e. The number of benzene rings is 1. The van der Waals surface area contributed by atoms with Gasteiger partial charge in [0.05, 0.1) is 30.4 Å². The van der Waals surface area contributed by atoms with Crippen LogP contribution in [0.15, 0.2) is 12.1 Å². The van der Waals surface area contributed by atoms with E-state index in [0.717, 1.165) is 69.3 Å². The van der Waals surface area contributed by atoms with Gasteiger partial charge in [0.15, 0.2) is 0 Å². The van der Waals surface area contributed by atoms with Crippen molar-refractivity contribution in [1.82, 2.24) is 14.5 Å². The van der Waals surface area contributed by atoms with Crippen LogP contribution < -0.4 is 5.32 Å². The summed E-state index contributed by atoms with van der Waals surface area (Å²) >= 11 is 0. The first-order chi connectivity index (χ1) is 13.3. The van der Waals surface area contributed by atoms with Gasteiger partial charge in [-0.25, -0.2) is 4.98 Å². The molecule has 1 saturated heterocycles. The summed E-state index contributed by atoms with van der Waals surface area (Å²) in [5.74, 6) is 1.13. The van der Waals surface area contributed by atoms with Crippen molar-refractivity contribution in [3.8, 4) is 0 Å². The number of aryl methyl sites for hydroxylation is 1. The number of nitrogens with one attached hydrogen (secondary N) is 1. The monoisotopic (exact) mass is 388 g/mol. The molecule has 1 aromatic heterocycles. The van der Waals surface area contributed by atoms with Crippen molar-refractivity contribution in [3.63, 3.8) is 0 Å². The average molecular weight is 389 g/mol. The van der Waals surface area contributed by atoms with Crippen LogP contribution in [0.5, 0.6) is 0 Å². The molecule has 0 aliphatic carbocycles. The third-order valence-corrected chi connectivity index (χ3v) is 5.52. The first-order valence-electron chi connectivity index (χ1n) is 10.5. The number of fused-ring (bicyclic) bond motifs is 1. The number of aromatic nitrogens is 2. The van der Waals surface area contributed by atoms with Crippen molar-refractivity contribution in [2.45, 2.75) is 58.6 Å². The predicted molar refractivity (Wildman–Crippen MR) is 115 cm³/mol. The van der Waals surface area contributed by atoms with E-state index in [1.54, 1.807) is 0 Å². The fraction of sp³-hybridized carbons (Fsp3) is 0.682. The summed E-state index contributed by atoms with van der Waals surface area (Å²) in [6.07, 6.45) is 1.24. The third-order valence-electron chi connectivity index (χ3n) is 5.52. The van der Waals surface area contributed by atoms with Crippen molar-refractivity contribution in [2.24, 2.45) is 0 Å². The number of aliphatic hydroxyl groups excluding tert-OH is 1. The lowest BCUT2D eigenvalue weighted by Gasteiger charge is -2.28. The number of ether oxygens (including phenoxy) is 1. The lowest BCUT2D eigenvalue weighted by atomic mass is 9.95. The maximum atomic E-state index is 9.81. The van der Waals surface area contributed by atoms with Gasteiger partial charge < -0.3 is 19.7 Å². The van der Waals surface area contributed by atoms with Crippen molar-refractivity contribution in [1.29, 1.82) is 0 Å². The van der Waals surface area contributed by atoms with E-state index in [9.17, 15) is 5.11 Å². The number of imidazole rings is 1. The molecule has 0 saturated carbocycles. The number of nitrogens with zero attached hydrogens (tertiary/aromatic N) is 3. The van der Waals surface area contributed by atoms with Gasteiger partial charge >= 0.3 is 0 Å². The number of anilines is 1. The quantitative estimate of drug-likeness (QED) is 0.763. The maximum Gasteiger partial charge on any atom is 0.115 e. The molecule has 2 heterocycles. The van der Waals surface area contributed by atoms with Crippen LogP contribution in [0.4, 0.5) is 5.69 Å². The van der Waals surface area contributed by atoms with Gasteiger partial charge in [0, 0.05) is 49.9 Å². The Morgan fingerprint density at radius 2 is 1.93 bits per heavy atom. The van der Waals surface area contributed by atoms with Gasteiger partial charge in [0.25, 0.3) is 0 Å². The third kappa shape index (κ3) is 4.67. The van der Waals surface area contributed by atoms with E-state index in [1.807, 2.05) is 14.0 Å². The van der Waals surface area contributed by atoms with Crippen LogP contribution >= 0.6 is 0 Å². The summed E-state index contributed by atoms with van der Waals surface area (Å²) in [6, 6.07) is 4.34. The molecule has 1 atom stereocenters. The highest BCUT2D eigenvalue weighted by atomic mass is 16.5. The molecular weight excluding hydrogens is 352 g/mol. The summed E-state index contributed by atoms with van der Waals surface area (Å²) < 4.78 is 7.88. The first kappa shape index (κ1) is 21.1. The lowest BCUT2D eigenvalue weighted by molar-refractivity contribution is 0.0363. The molecule has 1 aliphatic heterocycles. The molecular formula is C22H36N4O2. The van der Waals surface area contributed by atoms with Crippen LogP contribution in [0, 0.1) is 0 Å². The molecule has 1 fully saturated rings. The smallest absolute Gasteiger partial charge is 0.115 e. The van der Waals surface area contributed by atoms with Gasteiger partial charge in [-0.15, -0.1) is 0 Å². The zero-order chi connectivity index (χ0) is 20.3. The summed E-state index contributed by atoms with van der Waals surface area (Å²) in [5.41, 5.74) is 4.53. The molecule has 0 radical (unpaired) electrons. The Morgan fingerprint density at radius 3 is 2.54 bits per heavy atom. The van der Waals surface area contributed by atoms with Gasteiger partial charge in [0.1, 0.15) is 5.82 Å². The van der Waals surface area contributed by atoms with Gasteiger partial charge in [-0.1, -0.05) is 20.8 Å². The minimum absolute atomic E-state index is 0.0363. The first-order valence-corrected chi connectivity index (χ1v) is 10.5. The van der Waals surface area contributed by atoms with Gasteiger partial charge in [-0.05, 0) is 31.9 Å². The number of rotatable bonds is 7. The van der Waals surface area contributed by atoms with Crippen LogP contribution in [0.1, 0.15) is 45.5 Å². The number of hydrogen-bond donors (Lipinski definition) is 2. The van der Waals surface area contributed by atoms with E-state index in [2.05, 4.69) is 47.7 Å². The zero-order valence-corrected chi connectivity index (χ0v) is 18.1. The topological polar surface area (TPSA) is 62.6 Å². The van der Waals surface area contributed by atoms with Gasteiger partial charge in [-0.3, -0.25) is 4.90 Å². The molecule has 2 N–H and O–H groups in total. The highest BCUT2D eigenvalue weighted by molar-refractivity contribution is 5.85. The minimum atomic E-state index is -0.314. The highest BCUT2D eigenvalue weighted by Crippen LogP contribution is 2.32. The molecule has 3 rings (SSSR count). The Hall–Kier alpha value is -1.63. The van der Waals surface area contributed by atoms with Crippen LogP contribution in [0.3, 0.4) is 0 Å². The largest absolute Gasteiger partial charge is 0.393 e. The molecule has 2 aromatic rings. The molecule has 6 nitrogen and oxygen atoms in total. The molecule has 28 heavy (non-hydrogen) atoms. The van der Waals surface area contributed by atoms with E-state index < -0.39 is 0 Å². The second-order valence-corrected chi connectivity index (χ2v) is 8.89. The standard InChI is InChI=1S/C22H36N4O2/c1-16(27)6-7-17-18(23-5)8-9-19-20(17)24-21(22(2,3)4)26(19)11-10-25-12-14-28-15-13-25/h8-9,16,23,27H,6-7,10-15H2,1-5H3. The fourth-order valence-corrected chi connectivity index (χ4v) is 3.95. The molecule has 0 amide bonds. The van der Waals surface area contributed by atoms with Crippen LogP contribution in [-0.2, 0) is 23.1 Å². The van der Waals surface area contributed by atoms with E-state index >= 15 is 0 Å². The second kappa shape index (κ2) is 8.80. The molecule has 1 unspecified atom stereocenters. The second-order valence-electron chi connectivity index (χ2n) is 8.89. The van der Waals surface area contributed by atoms with Crippen LogP contribution in [0.2, 0.25) is 0 Å². The number of hydrogen-bond acceptors (Lipinski definition) is 5. The predicted octanol–water partition coefficient (Wildman–Crippen LogP) is 3.02. The Labute approximate surface area is 168 Å². The molecule has 0 bridgehead atoms. The van der Waals surface area contributed by atoms with Crippen LogP contribution in [-0.4, -0.2) is 65.6 Å². The lowest BCUT2D eigenvalue weighted by Crippen LogP contribution is -2.38. The van der Waals surface area contributed by atoms with Gasteiger partial charge in [-0.2, -0.15) is 0 Å². The Bertz CT molecular complexity index is 786. The Morgan fingerprint density at radius 1 is 1.21 bits per heavy atom. The SMILES string of the molecule is CNc1ccc2c(nc(C(C)(C)C)n2CCN2CCOCC2)c1CCC(C)O. The maximum absolute atomic E-state index is 9.81. The molecule has 1 aliphatic rings. The van der Waals surface area contributed by atoms with E-state index in [4.69, 9.17) is 9.72 Å². The van der Waals surface area contributed by atoms with Crippen LogP contribution in [0.25, 0.3) is 11.0 Å². The van der Waals surface area contributed by atoms with E-state index in [0.29, 0.717) is 0 Å². The molecule has 0 spiro atoms. The van der Waals surface area contributed by atoms with E-state index in [1.165, 1.54) is 11.1 Å². The zero-order valence-electron chi connectivity index (χ0n) is 18.1. The summed E-state index contributed by atoms with van der Waals surface area (Å²) in [4.78, 5) is 7.60. The van der Waals surface area contributed by atoms with Gasteiger partial charge in [0.2, 0.25) is 0 Å². The summed E-state index contributed by atoms with van der Waals surface area (Å²) in [6.45, 7) is 14.1. The van der Waals surface area contributed by atoms with Crippen molar-refractivity contribution < 1.29 is 9.84 Å². The molecule has 1 aromatic carbocycles. The molecule has 156 valence electrons. The summed E-state index contributed by atoms with van der Waals surface area (Å²) in [5, 5.41) is 13.1. The van der Waals surface area contributed by atoms with Crippen molar-refractivity contribution >= 4 is 16.7 Å².